The van der Waals surface area contributed by atoms with Crippen molar-refractivity contribution in [3.63, 3.8) is 0 Å². The molecule has 1 saturated heterocycles. The Balaban J connectivity index is 2.17. The summed E-state index contributed by atoms with van der Waals surface area (Å²) in [5.74, 6) is 0.682. The van der Waals surface area contributed by atoms with Gasteiger partial charge >= 0.3 is 0 Å². The monoisotopic (exact) mass is 278 g/mol. The van der Waals surface area contributed by atoms with Crippen molar-refractivity contribution >= 4 is 17.4 Å². The molecular formula is C13H18N4O3. The molecule has 0 radical (unpaired) electrons. The Labute approximate surface area is 117 Å². The van der Waals surface area contributed by atoms with Crippen LogP contribution >= 0.6 is 0 Å². The van der Waals surface area contributed by atoms with E-state index in [2.05, 4.69) is 10.3 Å². The number of aromatic nitrogens is 1. The molecule has 1 aromatic rings. The summed E-state index contributed by atoms with van der Waals surface area (Å²) in [6.45, 7) is 3.12. The molecule has 1 fully saturated rings. The zero-order chi connectivity index (χ0) is 14.7. The van der Waals surface area contributed by atoms with Crippen LogP contribution in [0.25, 0.3) is 0 Å². The number of pyridine rings is 1. The van der Waals surface area contributed by atoms with Gasteiger partial charge in [-0.15, -0.1) is 0 Å². The highest BCUT2D eigenvalue weighted by molar-refractivity contribution is 5.79. The number of hydrogen-bond donors (Lipinski definition) is 1. The van der Waals surface area contributed by atoms with Gasteiger partial charge in [-0.05, 0) is 25.8 Å². The quantitative estimate of drug-likeness (QED) is 0.664. The number of carbonyl (C=O) groups excluding carboxylic acids is 1. The number of carbonyl (C=O) groups is 1. The van der Waals surface area contributed by atoms with E-state index in [-0.39, 0.29) is 17.5 Å². The molecule has 1 amide bonds. The van der Waals surface area contributed by atoms with E-state index in [1.165, 1.54) is 6.20 Å². The Morgan fingerprint density at radius 1 is 1.60 bits per heavy atom. The molecule has 2 heterocycles. The Kier molecular flexibility index (Phi) is 4.16. The van der Waals surface area contributed by atoms with Crippen LogP contribution in [0.5, 0.6) is 0 Å². The summed E-state index contributed by atoms with van der Waals surface area (Å²) in [6, 6.07) is 1.71. The molecule has 7 heteroatoms. The molecule has 1 aliphatic rings. The predicted molar refractivity (Wildman–Crippen MR) is 74.6 cm³/mol. The third-order valence-corrected chi connectivity index (χ3v) is 3.63. The van der Waals surface area contributed by atoms with Gasteiger partial charge in [0.25, 0.3) is 5.69 Å². The molecule has 0 aliphatic carbocycles. The second-order valence-corrected chi connectivity index (χ2v) is 4.99. The molecule has 1 unspecified atom stereocenters. The summed E-state index contributed by atoms with van der Waals surface area (Å²) < 4.78 is 0. The normalized spacial score (nSPS) is 18.7. The summed E-state index contributed by atoms with van der Waals surface area (Å²) in [7, 11) is 1.63. The van der Waals surface area contributed by atoms with Crippen molar-refractivity contribution in [3.8, 4) is 0 Å². The van der Waals surface area contributed by atoms with E-state index < -0.39 is 4.92 Å². The van der Waals surface area contributed by atoms with Crippen molar-refractivity contribution in [2.24, 2.45) is 5.92 Å². The molecule has 1 aromatic heterocycles. The lowest BCUT2D eigenvalue weighted by Crippen LogP contribution is -2.42. The molecule has 2 rings (SSSR count). The van der Waals surface area contributed by atoms with Crippen LogP contribution in [0.15, 0.2) is 12.3 Å². The lowest BCUT2D eigenvalue weighted by molar-refractivity contribution is -0.385. The van der Waals surface area contributed by atoms with Crippen molar-refractivity contribution in [1.29, 1.82) is 0 Å². The number of nitro groups is 1. The van der Waals surface area contributed by atoms with Gasteiger partial charge in [0, 0.05) is 25.7 Å². The fourth-order valence-corrected chi connectivity index (χ4v) is 2.50. The van der Waals surface area contributed by atoms with Gasteiger partial charge in [0.15, 0.2) is 0 Å². The van der Waals surface area contributed by atoms with Gasteiger partial charge in [0.2, 0.25) is 5.91 Å². The van der Waals surface area contributed by atoms with Crippen molar-refractivity contribution in [1.82, 2.24) is 10.3 Å². The Morgan fingerprint density at radius 2 is 2.35 bits per heavy atom. The molecule has 20 heavy (non-hydrogen) atoms. The topological polar surface area (TPSA) is 88.4 Å². The average Bonchev–Trinajstić information content (AvgIpc) is 2.46. The van der Waals surface area contributed by atoms with Gasteiger partial charge in [-0.25, -0.2) is 4.98 Å². The van der Waals surface area contributed by atoms with Crippen molar-refractivity contribution in [2.45, 2.75) is 19.8 Å². The largest absolute Gasteiger partial charge is 0.359 e. The van der Waals surface area contributed by atoms with Crippen LogP contribution in [0.3, 0.4) is 0 Å². The molecule has 0 bridgehead atoms. The molecule has 1 atom stereocenters. The van der Waals surface area contributed by atoms with Crippen LogP contribution in [0.2, 0.25) is 0 Å². The Bertz CT molecular complexity index is 532. The zero-order valence-electron chi connectivity index (χ0n) is 11.6. The molecule has 1 N–H and O–H groups in total. The molecule has 7 nitrogen and oxygen atoms in total. The first-order valence-electron chi connectivity index (χ1n) is 6.60. The number of nitrogens with zero attached hydrogens (tertiary/aromatic N) is 3. The summed E-state index contributed by atoms with van der Waals surface area (Å²) in [6.07, 6.45) is 3.06. The second kappa shape index (κ2) is 5.85. The number of anilines is 1. The zero-order valence-corrected chi connectivity index (χ0v) is 11.6. The van der Waals surface area contributed by atoms with Crippen LogP contribution < -0.4 is 10.2 Å². The molecule has 0 spiro atoms. The van der Waals surface area contributed by atoms with Gasteiger partial charge in [-0.2, -0.15) is 0 Å². The van der Waals surface area contributed by atoms with Gasteiger partial charge in [-0.1, -0.05) is 0 Å². The first kappa shape index (κ1) is 14.2. The van der Waals surface area contributed by atoms with Gasteiger partial charge in [0.1, 0.15) is 12.0 Å². The third kappa shape index (κ3) is 2.87. The number of hydrogen-bond acceptors (Lipinski definition) is 5. The summed E-state index contributed by atoms with van der Waals surface area (Å²) in [5, 5.41) is 13.5. The minimum Gasteiger partial charge on any atom is -0.359 e. The van der Waals surface area contributed by atoms with E-state index in [1.807, 2.05) is 4.90 Å². The summed E-state index contributed by atoms with van der Waals surface area (Å²) in [5.41, 5.74) is 0.607. The lowest BCUT2D eigenvalue weighted by atomic mass is 9.97. The van der Waals surface area contributed by atoms with Gasteiger partial charge < -0.3 is 10.2 Å². The van der Waals surface area contributed by atoms with Crippen LogP contribution in [-0.4, -0.2) is 36.0 Å². The van der Waals surface area contributed by atoms with Gasteiger partial charge in [0.05, 0.1) is 10.8 Å². The Hall–Kier alpha value is -2.18. The van der Waals surface area contributed by atoms with Crippen LogP contribution in [0.4, 0.5) is 11.5 Å². The number of aryl methyl sites for hydroxylation is 1. The van der Waals surface area contributed by atoms with Crippen molar-refractivity contribution in [3.05, 3.63) is 27.9 Å². The molecular weight excluding hydrogens is 260 g/mol. The number of piperidine rings is 1. The second-order valence-electron chi connectivity index (χ2n) is 4.99. The van der Waals surface area contributed by atoms with Crippen LogP contribution in [0.1, 0.15) is 18.4 Å². The first-order valence-corrected chi connectivity index (χ1v) is 6.60. The standard InChI is InChI=1S/C13H18N4O3/c1-9-6-12(15-7-11(9)17(19)20)16-5-3-4-10(8-16)13(18)14-2/h6-7,10H,3-5,8H2,1-2H3,(H,14,18). The van der Waals surface area contributed by atoms with Gasteiger partial charge in [-0.3, -0.25) is 14.9 Å². The van der Waals surface area contributed by atoms with E-state index in [0.717, 1.165) is 19.4 Å². The third-order valence-electron chi connectivity index (χ3n) is 3.63. The SMILES string of the molecule is CNC(=O)C1CCCN(c2cc(C)c([N+](=O)[O-])cn2)C1. The number of amides is 1. The maximum absolute atomic E-state index is 11.7. The highest BCUT2D eigenvalue weighted by Crippen LogP contribution is 2.25. The maximum atomic E-state index is 11.7. The van der Waals surface area contributed by atoms with Crippen molar-refractivity contribution in [2.75, 3.05) is 25.0 Å². The van der Waals surface area contributed by atoms with Crippen LogP contribution in [0, 0.1) is 23.0 Å². The molecule has 1 aliphatic heterocycles. The Morgan fingerprint density at radius 3 is 2.95 bits per heavy atom. The number of nitrogens with one attached hydrogen (secondary N) is 1. The fourth-order valence-electron chi connectivity index (χ4n) is 2.50. The fraction of sp³-hybridized carbons (Fsp3) is 0.538. The van der Waals surface area contributed by atoms with E-state index >= 15 is 0 Å². The molecule has 0 aromatic carbocycles. The highest BCUT2D eigenvalue weighted by atomic mass is 16.6. The number of rotatable bonds is 3. The molecule has 0 saturated carbocycles. The minimum atomic E-state index is -0.435. The lowest BCUT2D eigenvalue weighted by Gasteiger charge is -2.32. The summed E-state index contributed by atoms with van der Waals surface area (Å²) >= 11 is 0. The minimum absolute atomic E-state index is 0.0219. The predicted octanol–water partition coefficient (Wildman–Crippen LogP) is 1.26. The van der Waals surface area contributed by atoms with E-state index in [4.69, 9.17) is 0 Å². The average molecular weight is 278 g/mol. The van der Waals surface area contributed by atoms with E-state index in [0.29, 0.717) is 17.9 Å². The highest BCUT2D eigenvalue weighted by Gasteiger charge is 2.26. The van der Waals surface area contributed by atoms with E-state index in [1.54, 1.807) is 20.0 Å². The molecule has 108 valence electrons. The maximum Gasteiger partial charge on any atom is 0.290 e. The van der Waals surface area contributed by atoms with Crippen molar-refractivity contribution < 1.29 is 9.72 Å². The van der Waals surface area contributed by atoms with Crippen LogP contribution in [-0.2, 0) is 4.79 Å². The van der Waals surface area contributed by atoms with E-state index in [9.17, 15) is 14.9 Å². The summed E-state index contributed by atoms with van der Waals surface area (Å²) in [4.78, 5) is 28.2. The first-order chi connectivity index (χ1) is 9.52. The smallest absolute Gasteiger partial charge is 0.290 e.